The molecule has 0 fully saturated rings. The van der Waals surface area contributed by atoms with Crippen LogP contribution >= 0.6 is 11.3 Å². The summed E-state index contributed by atoms with van der Waals surface area (Å²) in [4.78, 5) is 38.3. The normalized spacial score (nSPS) is 13.0. The molecule has 3 amide bonds. The van der Waals surface area contributed by atoms with Crippen molar-refractivity contribution in [2.75, 3.05) is 7.05 Å². The summed E-state index contributed by atoms with van der Waals surface area (Å²) in [5.74, 6) is -1.19. The summed E-state index contributed by atoms with van der Waals surface area (Å²) in [7, 11) is 1.50. The van der Waals surface area contributed by atoms with E-state index in [0.29, 0.717) is 12.0 Å². The topological polar surface area (TPSA) is 96.5 Å². The van der Waals surface area contributed by atoms with Crippen LogP contribution in [0.3, 0.4) is 0 Å². The number of benzene rings is 1. The van der Waals surface area contributed by atoms with Crippen molar-refractivity contribution in [3.63, 3.8) is 0 Å². The summed E-state index contributed by atoms with van der Waals surface area (Å²) in [6.07, 6.45) is -0.408. The largest absolute Gasteiger partial charge is 0.444 e. The van der Waals surface area contributed by atoms with Gasteiger partial charge < -0.3 is 20.7 Å². The molecular weight excluding hydrogens is 433 g/mol. The summed E-state index contributed by atoms with van der Waals surface area (Å²) in [5.41, 5.74) is -0.359. The third-order valence-electron chi connectivity index (χ3n) is 4.46. The molecule has 2 rings (SSSR count). The Kier molecular flexibility index (Phi) is 9.19. The molecule has 1 aromatic heterocycles. The van der Waals surface area contributed by atoms with E-state index in [1.807, 2.05) is 17.5 Å². The van der Waals surface area contributed by atoms with Crippen LogP contribution in [0.15, 0.2) is 41.8 Å². The monoisotopic (exact) mass is 463 g/mol. The second kappa shape index (κ2) is 11.6. The van der Waals surface area contributed by atoms with E-state index in [1.54, 1.807) is 39.0 Å². The van der Waals surface area contributed by atoms with Crippen molar-refractivity contribution in [1.29, 1.82) is 0 Å². The zero-order chi connectivity index (χ0) is 23.7. The molecule has 2 aromatic rings. The lowest BCUT2D eigenvalue weighted by Crippen LogP contribution is -2.49. The van der Waals surface area contributed by atoms with E-state index in [1.165, 1.54) is 24.5 Å². The molecule has 0 radical (unpaired) electrons. The van der Waals surface area contributed by atoms with E-state index < -0.39 is 35.5 Å². The van der Waals surface area contributed by atoms with Gasteiger partial charge in [-0.15, -0.1) is 11.3 Å². The van der Waals surface area contributed by atoms with E-state index in [0.717, 1.165) is 4.88 Å². The third kappa shape index (κ3) is 8.66. The summed E-state index contributed by atoms with van der Waals surface area (Å²) in [6.45, 7) is 5.18. The van der Waals surface area contributed by atoms with Crippen molar-refractivity contribution < 1.29 is 23.5 Å². The van der Waals surface area contributed by atoms with Gasteiger partial charge in [0.25, 0.3) is 0 Å². The lowest BCUT2D eigenvalue weighted by atomic mass is 10.0. The Morgan fingerprint density at radius 3 is 2.38 bits per heavy atom. The second-order valence-corrected chi connectivity index (χ2v) is 9.39. The molecular formula is C23H30FN3O4S. The molecule has 1 aromatic carbocycles. The maximum atomic E-state index is 14.2. The van der Waals surface area contributed by atoms with Crippen LogP contribution in [0.1, 0.15) is 37.6 Å². The zero-order valence-corrected chi connectivity index (χ0v) is 19.6. The molecule has 0 aliphatic heterocycles. The lowest BCUT2D eigenvalue weighted by Gasteiger charge is -2.24. The Morgan fingerprint density at radius 1 is 1.06 bits per heavy atom. The van der Waals surface area contributed by atoms with Gasteiger partial charge in [-0.25, -0.2) is 9.18 Å². The number of likely N-dealkylation sites (N-methyl/N-ethyl adjacent to an activating group) is 1. The number of nitrogens with one attached hydrogen (secondary N) is 3. The minimum Gasteiger partial charge on any atom is -0.444 e. The minimum absolute atomic E-state index is 0.0922. The number of ether oxygens (including phenoxy) is 1. The van der Waals surface area contributed by atoms with Gasteiger partial charge in [-0.05, 0) is 50.3 Å². The van der Waals surface area contributed by atoms with Crippen LogP contribution < -0.4 is 16.0 Å². The molecule has 0 aliphatic carbocycles. The molecule has 0 aliphatic rings. The van der Waals surface area contributed by atoms with Crippen molar-refractivity contribution in [1.82, 2.24) is 16.0 Å². The number of rotatable bonds is 9. The molecule has 0 unspecified atom stereocenters. The molecule has 9 heteroatoms. The molecule has 3 N–H and O–H groups in total. The molecule has 1 heterocycles. The molecule has 2 atom stereocenters. The Morgan fingerprint density at radius 2 is 1.78 bits per heavy atom. The highest BCUT2D eigenvalue weighted by molar-refractivity contribution is 7.09. The number of amides is 3. The first kappa shape index (κ1) is 25.3. The first-order valence-corrected chi connectivity index (χ1v) is 11.2. The van der Waals surface area contributed by atoms with Gasteiger partial charge in [-0.2, -0.15) is 0 Å². The van der Waals surface area contributed by atoms with Crippen LogP contribution in [-0.4, -0.2) is 42.6 Å². The number of thiophene rings is 1. The van der Waals surface area contributed by atoms with Crippen molar-refractivity contribution in [3.8, 4) is 0 Å². The first-order chi connectivity index (χ1) is 15.1. The zero-order valence-electron chi connectivity index (χ0n) is 18.7. The predicted octanol–water partition coefficient (Wildman–Crippen LogP) is 3.19. The van der Waals surface area contributed by atoms with E-state index in [2.05, 4.69) is 16.0 Å². The molecule has 0 saturated heterocycles. The molecule has 0 bridgehead atoms. The number of alkyl carbamates (subject to hydrolysis) is 1. The molecule has 0 spiro atoms. The van der Waals surface area contributed by atoms with Crippen LogP contribution in [0.2, 0.25) is 0 Å². The maximum Gasteiger partial charge on any atom is 0.407 e. The fourth-order valence-corrected chi connectivity index (χ4v) is 3.82. The van der Waals surface area contributed by atoms with Crippen molar-refractivity contribution in [3.05, 3.63) is 58.0 Å². The van der Waals surface area contributed by atoms with Gasteiger partial charge in [-0.1, -0.05) is 24.3 Å². The smallest absolute Gasteiger partial charge is 0.407 e. The fourth-order valence-electron chi connectivity index (χ4n) is 3.07. The first-order valence-electron chi connectivity index (χ1n) is 10.3. The highest BCUT2D eigenvalue weighted by atomic mass is 32.1. The van der Waals surface area contributed by atoms with E-state index in [-0.39, 0.29) is 18.7 Å². The average Bonchev–Trinajstić information content (AvgIpc) is 3.20. The number of halogens is 1. The standard InChI is InChI=1S/C23H30FN3O4S/c1-23(2,3)31-22(30)26-16(12-15-8-5-6-10-18(15)24)13-20(28)27-19(21(29)25-4)14-17-9-7-11-32-17/h5-11,16,19H,12-14H2,1-4H3,(H,25,29)(H,26,30)(H,27,28)/t16-,19-/m1/s1. The quantitative estimate of drug-likeness (QED) is 0.532. The van der Waals surface area contributed by atoms with Gasteiger partial charge >= 0.3 is 6.09 Å². The van der Waals surface area contributed by atoms with Crippen molar-refractivity contribution >= 4 is 29.2 Å². The van der Waals surface area contributed by atoms with E-state index >= 15 is 0 Å². The van der Waals surface area contributed by atoms with Crippen LogP contribution in [0.5, 0.6) is 0 Å². The highest BCUT2D eigenvalue weighted by Gasteiger charge is 2.25. The van der Waals surface area contributed by atoms with Crippen LogP contribution in [0.4, 0.5) is 9.18 Å². The Labute approximate surface area is 191 Å². The summed E-state index contributed by atoms with van der Waals surface area (Å²) < 4.78 is 19.5. The molecule has 174 valence electrons. The second-order valence-electron chi connectivity index (χ2n) is 8.36. The number of carbonyl (C=O) groups is 3. The van der Waals surface area contributed by atoms with Gasteiger partial charge in [0.15, 0.2) is 0 Å². The molecule has 32 heavy (non-hydrogen) atoms. The average molecular weight is 464 g/mol. The van der Waals surface area contributed by atoms with Crippen molar-refractivity contribution in [2.24, 2.45) is 0 Å². The summed E-state index contributed by atoms with van der Waals surface area (Å²) in [6, 6.07) is 8.45. The van der Waals surface area contributed by atoms with Gasteiger partial charge in [-0.3, -0.25) is 9.59 Å². The van der Waals surface area contributed by atoms with Gasteiger partial charge in [0.2, 0.25) is 11.8 Å². The van der Waals surface area contributed by atoms with Crippen LogP contribution in [0, 0.1) is 5.82 Å². The summed E-state index contributed by atoms with van der Waals surface area (Å²) >= 11 is 1.49. The Balaban J connectivity index is 2.11. The number of hydrogen-bond donors (Lipinski definition) is 3. The SMILES string of the molecule is CNC(=O)[C@@H](Cc1cccs1)NC(=O)C[C@@H](Cc1ccccc1F)NC(=O)OC(C)(C)C. The van der Waals surface area contributed by atoms with Gasteiger partial charge in [0.05, 0.1) is 0 Å². The van der Waals surface area contributed by atoms with Crippen LogP contribution in [-0.2, 0) is 27.2 Å². The van der Waals surface area contributed by atoms with E-state index in [9.17, 15) is 18.8 Å². The minimum atomic E-state index is -0.762. The third-order valence-corrected chi connectivity index (χ3v) is 5.36. The fraction of sp³-hybridized carbons (Fsp3) is 0.435. The summed E-state index contributed by atoms with van der Waals surface area (Å²) in [5, 5.41) is 9.83. The van der Waals surface area contributed by atoms with Gasteiger partial charge in [0, 0.05) is 30.8 Å². The lowest BCUT2D eigenvalue weighted by molar-refractivity contribution is -0.129. The van der Waals surface area contributed by atoms with E-state index in [4.69, 9.17) is 4.74 Å². The number of hydrogen-bond acceptors (Lipinski definition) is 5. The maximum absolute atomic E-state index is 14.2. The van der Waals surface area contributed by atoms with Gasteiger partial charge in [0.1, 0.15) is 17.5 Å². The number of carbonyl (C=O) groups excluding carboxylic acids is 3. The van der Waals surface area contributed by atoms with Crippen molar-refractivity contribution in [2.45, 2.75) is 57.7 Å². The van der Waals surface area contributed by atoms with Crippen LogP contribution in [0.25, 0.3) is 0 Å². The molecule has 7 nitrogen and oxygen atoms in total. The highest BCUT2D eigenvalue weighted by Crippen LogP contribution is 2.14. The Bertz CT molecular complexity index is 912. The Hall–Kier alpha value is -2.94. The predicted molar refractivity (Wildman–Crippen MR) is 122 cm³/mol. The molecule has 0 saturated carbocycles.